The smallest absolute Gasteiger partial charge is 0.187 e. The van der Waals surface area contributed by atoms with Crippen molar-refractivity contribution in [1.82, 2.24) is 15.1 Å². The summed E-state index contributed by atoms with van der Waals surface area (Å²) in [5.74, 6) is 0.482. The van der Waals surface area contributed by atoms with Crippen molar-refractivity contribution < 1.29 is 12.9 Å². The molecule has 0 spiro atoms. The van der Waals surface area contributed by atoms with Crippen LogP contribution < -0.4 is 5.73 Å². The third-order valence-corrected chi connectivity index (χ3v) is 6.87. The first-order chi connectivity index (χ1) is 14.3. The van der Waals surface area contributed by atoms with E-state index >= 15 is 0 Å². The van der Waals surface area contributed by atoms with Gasteiger partial charge in [-0.15, -0.1) is 0 Å². The third kappa shape index (κ3) is 3.81. The van der Waals surface area contributed by atoms with Crippen LogP contribution in [0.2, 0.25) is 0 Å². The van der Waals surface area contributed by atoms with Gasteiger partial charge in [-0.3, -0.25) is 4.98 Å². The van der Waals surface area contributed by atoms with Crippen LogP contribution in [0.1, 0.15) is 13.8 Å². The van der Waals surface area contributed by atoms with Crippen LogP contribution in [0.25, 0.3) is 34.0 Å². The van der Waals surface area contributed by atoms with Crippen molar-refractivity contribution in [2.45, 2.75) is 24.0 Å². The lowest BCUT2D eigenvalue weighted by molar-refractivity contribution is 0.433. The van der Waals surface area contributed by atoms with Gasteiger partial charge in [-0.05, 0) is 38.1 Å². The van der Waals surface area contributed by atoms with Crippen LogP contribution in [-0.4, -0.2) is 28.8 Å². The summed E-state index contributed by atoms with van der Waals surface area (Å²) in [7, 11) is -3.32. The number of hydrogen-bond donors (Lipinski definition) is 1. The van der Waals surface area contributed by atoms with Gasteiger partial charge in [0.05, 0.1) is 28.2 Å². The Bertz CT molecular complexity index is 1280. The quantitative estimate of drug-likeness (QED) is 0.481. The maximum atomic E-state index is 12.3. The van der Waals surface area contributed by atoms with Gasteiger partial charge >= 0.3 is 0 Å². The molecule has 0 aliphatic heterocycles. The van der Waals surface area contributed by atoms with Crippen LogP contribution >= 0.6 is 0 Å². The summed E-state index contributed by atoms with van der Waals surface area (Å²) in [5.41, 5.74) is 9.83. The molecule has 0 aliphatic carbocycles. The van der Waals surface area contributed by atoms with Crippen molar-refractivity contribution in [3.8, 4) is 34.0 Å². The molecule has 2 N–H and O–H groups in total. The number of hydrogen-bond acceptors (Lipinski definition) is 7. The van der Waals surface area contributed by atoms with E-state index in [1.165, 1.54) is 0 Å². The van der Waals surface area contributed by atoms with E-state index in [-0.39, 0.29) is 4.90 Å². The van der Waals surface area contributed by atoms with Gasteiger partial charge in [0.15, 0.2) is 15.6 Å². The number of nitrogens with two attached hydrogens (primary N) is 1. The molecule has 0 atom stereocenters. The van der Waals surface area contributed by atoms with Crippen molar-refractivity contribution in [1.29, 1.82) is 0 Å². The molecule has 152 valence electrons. The standard InChI is InChI=1S/C22H20N4O3S/c1-14(2)30(27,28)18-9-5-16(6-10-18)20-12-24-13-21(25-20)22-11-19(26-29-22)15-3-7-17(23)8-4-15/h3-14H,23H2,1-2H3. The maximum absolute atomic E-state index is 12.3. The van der Waals surface area contributed by atoms with Crippen LogP contribution in [0.5, 0.6) is 0 Å². The molecule has 2 aromatic carbocycles. The molecule has 7 nitrogen and oxygen atoms in total. The number of anilines is 1. The largest absolute Gasteiger partial charge is 0.399 e. The average molecular weight is 420 g/mol. The molecule has 0 saturated carbocycles. The van der Waals surface area contributed by atoms with E-state index < -0.39 is 15.1 Å². The van der Waals surface area contributed by atoms with Crippen molar-refractivity contribution in [3.05, 3.63) is 67.0 Å². The van der Waals surface area contributed by atoms with Gasteiger partial charge in [0.25, 0.3) is 0 Å². The Labute approximate surface area is 174 Å². The molecule has 0 amide bonds. The van der Waals surface area contributed by atoms with E-state index in [1.807, 2.05) is 12.1 Å². The van der Waals surface area contributed by atoms with E-state index in [1.54, 1.807) is 68.7 Å². The Morgan fingerprint density at radius 1 is 0.867 bits per heavy atom. The van der Waals surface area contributed by atoms with Crippen molar-refractivity contribution in [2.75, 3.05) is 5.73 Å². The highest BCUT2D eigenvalue weighted by molar-refractivity contribution is 7.92. The number of sulfone groups is 1. The van der Waals surface area contributed by atoms with E-state index in [0.29, 0.717) is 28.5 Å². The molecule has 0 aliphatic rings. The molecular weight excluding hydrogens is 400 g/mol. The summed E-state index contributed by atoms with van der Waals surface area (Å²) in [5, 5.41) is 3.62. The predicted molar refractivity (Wildman–Crippen MR) is 115 cm³/mol. The van der Waals surface area contributed by atoms with Crippen LogP contribution in [0.3, 0.4) is 0 Å². The fourth-order valence-corrected chi connectivity index (χ4v) is 3.96. The number of rotatable bonds is 5. The second-order valence-corrected chi connectivity index (χ2v) is 9.61. The number of nitrogens with zero attached hydrogens (tertiary/aromatic N) is 3. The van der Waals surface area contributed by atoms with Gasteiger partial charge in [0.2, 0.25) is 0 Å². The summed E-state index contributed by atoms with van der Waals surface area (Å²) >= 11 is 0. The van der Waals surface area contributed by atoms with Crippen LogP contribution in [0, 0.1) is 0 Å². The van der Waals surface area contributed by atoms with Crippen molar-refractivity contribution in [3.63, 3.8) is 0 Å². The van der Waals surface area contributed by atoms with E-state index in [2.05, 4.69) is 15.1 Å². The lowest BCUT2D eigenvalue weighted by Crippen LogP contribution is -2.13. The zero-order chi connectivity index (χ0) is 21.3. The minimum absolute atomic E-state index is 0.286. The Morgan fingerprint density at radius 3 is 2.13 bits per heavy atom. The van der Waals surface area contributed by atoms with Gasteiger partial charge in [0.1, 0.15) is 11.4 Å². The van der Waals surface area contributed by atoms with Gasteiger partial charge in [0, 0.05) is 22.9 Å². The van der Waals surface area contributed by atoms with E-state index in [0.717, 1.165) is 11.1 Å². The fraction of sp³-hybridized carbons (Fsp3) is 0.136. The fourth-order valence-electron chi connectivity index (χ4n) is 2.90. The highest BCUT2D eigenvalue weighted by atomic mass is 32.2. The summed E-state index contributed by atoms with van der Waals surface area (Å²) < 4.78 is 30.1. The van der Waals surface area contributed by atoms with E-state index in [4.69, 9.17) is 10.3 Å². The second-order valence-electron chi connectivity index (χ2n) is 7.11. The first-order valence-corrected chi connectivity index (χ1v) is 10.9. The molecule has 0 unspecified atom stereocenters. The van der Waals surface area contributed by atoms with E-state index in [9.17, 15) is 8.42 Å². The average Bonchev–Trinajstić information content (AvgIpc) is 3.25. The van der Waals surface area contributed by atoms with Gasteiger partial charge in [-0.1, -0.05) is 29.4 Å². The highest BCUT2D eigenvalue weighted by Crippen LogP contribution is 2.27. The Balaban J connectivity index is 1.63. The van der Waals surface area contributed by atoms with Crippen LogP contribution in [-0.2, 0) is 9.84 Å². The van der Waals surface area contributed by atoms with Gasteiger partial charge in [-0.2, -0.15) is 0 Å². The Morgan fingerprint density at radius 2 is 1.47 bits per heavy atom. The molecular formula is C22H20N4O3S. The maximum Gasteiger partial charge on any atom is 0.187 e. The molecule has 4 aromatic rings. The molecule has 0 radical (unpaired) electrons. The lowest BCUT2D eigenvalue weighted by atomic mass is 10.1. The topological polar surface area (TPSA) is 112 Å². The van der Waals surface area contributed by atoms with Crippen LogP contribution in [0.4, 0.5) is 5.69 Å². The normalized spacial score (nSPS) is 11.7. The zero-order valence-corrected chi connectivity index (χ0v) is 17.3. The summed E-state index contributed by atoms with van der Waals surface area (Å²) in [6.45, 7) is 3.32. The van der Waals surface area contributed by atoms with Crippen molar-refractivity contribution >= 4 is 15.5 Å². The van der Waals surface area contributed by atoms with Crippen LogP contribution in [0.15, 0.2) is 76.4 Å². The van der Waals surface area contributed by atoms with Gasteiger partial charge < -0.3 is 10.3 Å². The second kappa shape index (κ2) is 7.72. The molecule has 8 heteroatoms. The monoisotopic (exact) mass is 420 g/mol. The third-order valence-electron chi connectivity index (χ3n) is 4.70. The van der Waals surface area contributed by atoms with Gasteiger partial charge in [-0.25, -0.2) is 13.4 Å². The number of nitrogen functional groups attached to an aromatic ring is 1. The molecule has 4 rings (SSSR count). The number of aromatic nitrogens is 3. The highest BCUT2D eigenvalue weighted by Gasteiger charge is 2.19. The minimum Gasteiger partial charge on any atom is -0.399 e. The minimum atomic E-state index is -3.32. The first kappa shape index (κ1) is 19.8. The predicted octanol–water partition coefficient (Wildman–Crippen LogP) is 4.23. The SMILES string of the molecule is CC(C)S(=O)(=O)c1ccc(-c2cncc(-c3cc(-c4ccc(N)cc4)no3)n2)cc1. The summed E-state index contributed by atoms with van der Waals surface area (Å²) in [4.78, 5) is 9.13. The zero-order valence-electron chi connectivity index (χ0n) is 16.5. The molecule has 0 saturated heterocycles. The van der Waals surface area contributed by atoms with Crippen molar-refractivity contribution in [2.24, 2.45) is 0 Å². The molecule has 0 bridgehead atoms. The summed E-state index contributed by atoms with van der Waals surface area (Å²) in [6, 6.07) is 15.8. The molecule has 30 heavy (non-hydrogen) atoms. The Kier molecular flexibility index (Phi) is 5.09. The first-order valence-electron chi connectivity index (χ1n) is 9.34. The molecule has 0 fully saturated rings. The summed E-state index contributed by atoms with van der Waals surface area (Å²) in [6.07, 6.45) is 3.21. The Hall–Kier alpha value is -3.52. The molecule has 2 aromatic heterocycles. The molecule has 2 heterocycles. The number of benzene rings is 2. The lowest BCUT2D eigenvalue weighted by Gasteiger charge is -2.08.